The maximum atomic E-state index is 14.1. The lowest BCUT2D eigenvalue weighted by Crippen LogP contribution is -2.31. The highest BCUT2D eigenvalue weighted by molar-refractivity contribution is 6.31. The number of carbonyl (C=O) groups is 1. The van der Waals surface area contributed by atoms with Gasteiger partial charge < -0.3 is 14.4 Å². The zero-order valence-electron chi connectivity index (χ0n) is 14.1. The van der Waals surface area contributed by atoms with Crippen LogP contribution in [0.2, 0.25) is 5.02 Å². The van der Waals surface area contributed by atoms with E-state index in [0.717, 1.165) is 18.4 Å². The van der Waals surface area contributed by atoms with Gasteiger partial charge in [0.2, 0.25) is 0 Å². The van der Waals surface area contributed by atoms with E-state index in [9.17, 15) is 9.18 Å². The Balaban J connectivity index is 1.98. The van der Waals surface area contributed by atoms with Gasteiger partial charge >= 0.3 is 0 Å². The first-order valence-corrected chi connectivity index (χ1v) is 8.41. The van der Waals surface area contributed by atoms with Crippen LogP contribution in [0.25, 0.3) is 0 Å². The molecule has 0 bridgehead atoms. The second-order valence-electron chi connectivity index (χ2n) is 5.89. The number of rotatable bonds is 4. The summed E-state index contributed by atoms with van der Waals surface area (Å²) < 4.78 is 24.9. The zero-order chi connectivity index (χ0) is 18.0. The molecule has 25 heavy (non-hydrogen) atoms. The largest absolute Gasteiger partial charge is 0.497 e. The molecule has 1 fully saturated rings. The van der Waals surface area contributed by atoms with Gasteiger partial charge in [0.05, 0.1) is 25.8 Å². The third-order valence-corrected chi connectivity index (χ3v) is 4.70. The molecule has 1 saturated heterocycles. The van der Waals surface area contributed by atoms with Crippen molar-refractivity contribution in [2.45, 2.75) is 18.9 Å². The Kier molecular flexibility index (Phi) is 5.13. The second kappa shape index (κ2) is 7.31. The quantitative estimate of drug-likeness (QED) is 0.804. The van der Waals surface area contributed by atoms with Crippen molar-refractivity contribution in [3.63, 3.8) is 0 Å². The SMILES string of the molecule is COc1ccc(OC)c([C@H]2CCCN2C(=O)c2cc(Cl)ccc2F)c1. The van der Waals surface area contributed by atoms with Crippen LogP contribution in [-0.4, -0.2) is 31.6 Å². The van der Waals surface area contributed by atoms with Crippen molar-refractivity contribution in [3.05, 3.63) is 58.4 Å². The molecule has 0 radical (unpaired) electrons. The van der Waals surface area contributed by atoms with E-state index in [1.165, 1.54) is 18.2 Å². The average Bonchev–Trinajstić information content (AvgIpc) is 3.12. The van der Waals surface area contributed by atoms with E-state index >= 15 is 0 Å². The number of likely N-dealkylation sites (tertiary alicyclic amines) is 1. The molecule has 0 aliphatic carbocycles. The minimum atomic E-state index is -0.572. The van der Waals surface area contributed by atoms with Gasteiger partial charge in [-0.25, -0.2) is 4.39 Å². The number of ether oxygens (including phenoxy) is 2. The Morgan fingerprint density at radius 3 is 2.72 bits per heavy atom. The van der Waals surface area contributed by atoms with E-state index < -0.39 is 5.82 Å². The van der Waals surface area contributed by atoms with E-state index in [1.54, 1.807) is 25.2 Å². The van der Waals surface area contributed by atoms with Crippen molar-refractivity contribution in [2.24, 2.45) is 0 Å². The van der Waals surface area contributed by atoms with Crippen LogP contribution in [0.1, 0.15) is 34.8 Å². The number of carbonyl (C=O) groups excluding carboxylic acids is 1. The van der Waals surface area contributed by atoms with Crippen molar-refractivity contribution in [1.82, 2.24) is 4.90 Å². The number of amides is 1. The van der Waals surface area contributed by atoms with Gasteiger partial charge in [0, 0.05) is 17.1 Å². The maximum Gasteiger partial charge on any atom is 0.257 e. The minimum absolute atomic E-state index is 0.0127. The van der Waals surface area contributed by atoms with Gasteiger partial charge in [-0.05, 0) is 49.2 Å². The molecule has 0 saturated carbocycles. The van der Waals surface area contributed by atoms with E-state index in [0.29, 0.717) is 23.1 Å². The lowest BCUT2D eigenvalue weighted by Gasteiger charge is -2.27. The van der Waals surface area contributed by atoms with Gasteiger partial charge in [0.25, 0.3) is 5.91 Å². The number of halogens is 2. The number of hydrogen-bond donors (Lipinski definition) is 0. The molecule has 6 heteroatoms. The third kappa shape index (κ3) is 3.42. The lowest BCUT2D eigenvalue weighted by molar-refractivity contribution is 0.0729. The monoisotopic (exact) mass is 363 g/mol. The summed E-state index contributed by atoms with van der Waals surface area (Å²) in [6, 6.07) is 9.30. The fourth-order valence-corrected chi connectivity index (χ4v) is 3.42. The highest BCUT2D eigenvalue weighted by Crippen LogP contribution is 2.39. The van der Waals surface area contributed by atoms with Gasteiger partial charge in [-0.3, -0.25) is 4.79 Å². The Hall–Kier alpha value is -2.27. The van der Waals surface area contributed by atoms with Crippen molar-refractivity contribution in [2.75, 3.05) is 20.8 Å². The number of hydrogen-bond acceptors (Lipinski definition) is 3. The van der Waals surface area contributed by atoms with Crippen molar-refractivity contribution >= 4 is 17.5 Å². The first-order chi connectivity index (χ1) is 12.0. The molecular weight excluding hydrogens is 345 g/mol. The van der Waals surface area contributed by atoms with Gasteiger partial charge in [-0.15, -0.1) is 0 Å². The van der Waals surface area contributed by atoms with E-state index in [-0.39, 0.29) is 17.5 Å². The fraction of sp³-hybridized carbons (Fsp3) is 0.316. The van der Waals surface area contributed by atoms with Crippen molar-refractivity contribution in [3.8, 4) is 11.5 Å². The summed E-state index contributed by atoms with van der Waals surface area (Å²) in [5.41, 5.74) is 0.844. The predicted molar refractivity (Wildman–Crippen MR) is 94.0 cm³/mol. The molecule has 2 aromatic rings. The van der Waals surface area contributed by atoms with Crippen molar-refractivity contribution in [1.29, 1.82) is 0 Å². The number of methoxy groups -OCH3 is 2. The van der Waals surface area contributed by atoms with E-state index in [1.807, 2.05) is 12.1 Å². The fourth-order valence-electron chi connectivity index (χ4n) is 3.25. The molecule has 0 spiro atoms. The van der Waals surface area contributed by atoms with Gasteiger partial charge in [0.1, 0.15) is 17.3 Å². The first-order valence-electron chi connectivity index (χ1n) is 8.03. The van der Waals surface area contributed by atoms with Crippen LogP contribution in [0.5, 0.6) is 11.5 Å². The Morgan fingerprint density at radius 2 is 2.00 bits per heavy atom. The summed E-state index contributed by atoms with van der Waals surface area (Å²) in [7, 11) is 3.17. The molecule has 1 aliphatic heterocycles. The van der Waals surface area contributed by atoms with Crippen LogP contribution in [0, 0.1) is 5.82 Å². The van der Waals surface area contributed by atoms with E-state index in [4.69, 9.17) is 21.1 Å². The Labute approximate surface area is 151 Å². The maximum absolute atomic E-state index is 14.1. The minimum Gasteiger partial charge on any atom is -0.497 e. The molecule has 2 aromatic carbocycles. The molecule has 0 unspecified atom stereocenters. The summed E-state index contributed by atoms with van der Waals surface area (Å²) in [6.45, 7) is 0.551. The standard InChI is InChI=1S/C19H19ClFNO3/c1-24-13-6-8-18(25-2)15(11-13)17-4-3-9-22(17)19(23)14-10-12(20)5-7-16(14)21/h5-8,10-11,17H,3-4,9H2,1-2H3/t17-/m1/s1. The average molecular weight is 364 g/mol. The molecule has 4 nitrogen and oxygen atoms in total. The van der Waals surface area contributed by atoms with Crippen LogP contribution in [0.4, 0.5) is 4.39 Å². The summed E-state index contributed by atoms with van der Waals surface area (Å²) in [5, 5.41) is 0.333. The highest BCUT2D eigenvalue weighted by Gasteiger charge is 2.33. The molecule has 0 aromatic heterocycles. The van der Waals surface area contributed by atoms with Gasteiger partial charge in [-0.2, -0.15) is 0 Å². The van der Waals surface area contributed by atoms with Crippen LogP contribution in [-0.2, 0) is 0 Å². The molecule has 1 atom stereocenters. The van der Waals surface area contributed by atoms with Crippen LogP contribution in [0.15, 0.2) is 36.4 Å². The lowest BCUT2D eigenvalue weighted by atomic mass is 10.0. The highest BCUT2D eigenvalue weighted by atomic mass is 35.5. The number of benzene rings is 2. The molecule has 1 aliphatic rings. The van der Waals surface area contributed by atoms with Crippen LogP contribution >= 0.6 is 11.6 Å². The summed E-state index contributed by atoms with van der Waals surface area (Å²) in [5.74, 6) is 0.422. The van der Waals surface area contributed by atoms with Crippen LogP contribution < -0.4 is 9.47 Å². The predicted octanol–water partition coefficient (Wildman–Crippen LogP) is 4.47. The smallest absolute Gasteiger partial charge is 0.257 e. The number of nitrogens with zero attached hydrogens (tertiary/aromatic N) is 1. The first kappa shape index (κ1) is 17.5. The Bertz CT molecular complexity index is 796. The molecule has 1 amide bonds. The van der Waals surface area contributed by atoms with E-state index in [2.05, 4.69) is 0 Å². The topological polar surface area (TPSA) is 38.8 Å². The summed E-state index contributed by atoms with van der Waals surface area (Å²) in [6.07, 6.45) is 1.61. The Morgan fingerprint density at radius 1 is 1.20 bits per heavy atom. The molecule has 132 valence electrons. The normalized spacial score (nSPS) is 16.8. The van der Waals surface area contributed by atoms with Gasteiger partial charge in [0.15, 0.2) is 0 Å². The molecule has 1 heterocycles. The molecule has 0 N–H and O–H groups in total. The summed E-state index contributed by atoms with van der Waals surface area (Å²) >= 11 is 5.93. The van der Waals surface area contributed by atoms with Crippen LogP contribution in [0.3, 0.4) is 0 Å². The van der Waals surface area contributed by atoms with Gasteiger partial charge in [-0.1, -0.05) is 11.6 Å². The second-order valence-corrected chi connectivity index (χ2v) is 6.33. The summed E-state index contributed by atoms with van der Waals surface area (Å²) in [4.78, 5) is 14.6. The molecule has 3 rings (SSSR count). The third-order valence-electron chi connectivity index (χ3n) is 4.47. The zero-order valence-corrected chi connectivity index (χ0v) is 14.8. The molecular formula is C19H19ClFNO3. The van der Waals surface area contributed by atoms with Crippen molar-refractivity contribution < 1.29 is 18.7 Å².